The molecule has 0 amide bonds. The van der Waals surface area contributed by atoms with Crippen LogP contribution in [0.4, 0.5) is 5.69 Å². The molecule has 3 aromatic rings. The van der Waals surface area contributed by atoms with E-state index in [9.17, 15) is 0 Å². The predicted molar refractivity (Wildman–Crippen MR) is 136 cm³/mol. The van der Waals surface area contributed by atoms with E-state index in [-0.39, 0.29) is 0 Å². The molecule has 32 heavy (non-hydrogen) atoms. The van der Waals surface area contributed by atoms with Crippen molar-refractivity contribution in [1.82, 2.24) is 4.57 Å². The highest BCUT2D eigenvalue weighted by Gasteiger charge is 2.51. The summed E-state index contributed by atoms with van der Waals surface area (Å²) in [5.41, 5.74) is 7.85. The Kier molecular flexibility index (Phi) is 4.94. The smallest absolute Gasteiger partial charge is 0.0630 e. The number of aryl methyl sites for hydroxylation is 1. The molecule has 4 saturated carbocycles. The van der Waals surface area contributed by atoms with E-state index in [0.717, 1.165) is 27.9 Å². The first kappa shape index (κ1) is 20.5. The molecule has 0 aliphatic heterocycles. The zero-order valence-electron chi connectivity index (χ0n) is 19.0. The van der Waals surface area contributed by atoms with E-state index in [1.165, 1.54) is 61.2 Å². The fourth-order valence-corrected chi connectivity index (χ4v) is 7.89. The van der Waals surface area contributed by atoms with Crippen molar-refractivity contribution in [2.24, 2.45) is 22.7 Å². The van der Waals surface area contributed by atoms with Crippen LogP contribution < -0.4 is 0 Å². The Morgan fingerprint density at radius 1 is 0.906 bits per heavy atom. The van der Waals surface area contributed by atoms with Crippen LogP contribution in [0.1, 0.15) is 61.0 Å². The minimum absolute atomic E-state index is 0.463. The molecule has 1 aromatic heterocycles. The third kappa shape index (κ3) is 3.41. The van der Waals surface area contributed by atoms with E-state index >= 15 is 0 Å². The van der Waals surface area contributed by atoms with Crippen LogP contribution >= 0.6 is 15.9 Å². The Morgan fingerprint density at radius 3 is 2.16 bits per heavy atom. The fraction of sp³-hybridized carbons (Fsp3) is 0.414. The summed E-state index contributed by atoms with van der Waals surface area (Å²) in [5, 5.41) is 0. The largest absolute Gasteiger partial charge is 0.317 e. The zero-order valence-corrected chi connectivity index (χ0v) is 20.6. The second-order valence-electron chi connectivity index (χ2n) is 10.6. The molecule has 0 saturated heterocycles. The number of nitrogens with zero attached hydrogens (tertiary/aromatic N) is 2. The predicted octanol–water partition coefficient (Wildman–Crippen LogP) is 8.08. The number of para-hydroxylation sites is 1. The molecule has 0 spiro atoms. The first-order valence-corrected chi connectivity index (χ1v) is 12.9. The van der Waals surface area contributed by atoms with Gasteiger partial charge in [-0.2, -0.15) is 0 Å². The molecule has 4 aliphatic rings. The van der Waals surface area contributed by atoms with Gasteiger partial charge in [-0.15, -0.1) is 0 Å². The molecule has 2 aromatic carbocycles. The normalized spacial score (nSPS) is 28.7. The van der Waals surface area contributed by atoms with Crippen LogP contribution in [-0.4, -0.2) is 10.8 Å². The van der Waals surface area contributed by atoms with Gasteiger partial charge in [0.2, 0.25) is 0 Å². The summed E-state index contributed by atoms with van der Waals surface area (Å²) < 4.78 is 3.40. The fourth-order valence-electron chi connectivity index (χ4n) is 7.43. The molecular weight excluding hydrogens is 456 g/mol. The van der Waals surface area contributed by atoms with Gasteiger partial charge in [-0.3, -0.25) is 4.99 Å². The Hall–Kier alpha value is -2.13. The lowest BCUT2D eigenvalue weighted by molar-refractivity contribution is -0.00518. The van der Waals surface area contributed by atoms with Crippen LogP contribution in [0.5, 0.6) is 0 Å². The Morgan fingerprint density at radius 2 is 1.53 bits per heavy atom. The van der Waals surface area contributed by atoms with Crippen molar-refractivity contribution in [2.45, 2.75) is 57.8 Å². The Labute approximate surface area is 199 Å². The Bertz CT molecular complexity index is 1150. The summed E-state index contributed by atoms with van der Waals surface area (Å²) in [6, 6.07) is 19.8. The van der Waals surface area contributed by atoms with Crippen LogP contribution in [-0.2, 0) is 5.41 Å². The molecule has 0 N–H and O–H groups in total. The van der Waals surface area contributed by atoms with Gasteiger partial charge in [-0.25, -0.2) is 0 Å². The topological polar surface area (TPSA) is 17.3 Å². The molecule has 0 radical (unpaired) electrons. The molecule has 0 atom stereocenters. The van der Waals surface area contributed by atoms with E-state index in [0.29, 0.717) is 5.41 Å². The number of aliphatic imine (C=N–C) groups is 1. The third-order valence-corrected chi connectivity index (χ3v) is 9.10. The first-order chi connectivity index (χ1) is 15.5. The van der Waals surface area contributed by atoms with E-state index < -0.39 is 0 Å². The minimum Gasteiger partial charge on any atom is -0.317 e. The van der Waals surface area contributed by atoms with Gasteiger partial charge in [0.05, 0.1) is 11.4 Å². The maximum Gasteiger partial charge on any atom is 0.0630 e. The Balaban J connectivity index is 1.25. The van der Waals surface area contributed by atoms with Gasteiger partial charge in [0.1, 0.15) is 0 Å². The number of benzene rings is 2. The lowest BCUT2D eigenvalue weighted by Gasteiger charge is -2.57. The SMILES string of the molecule is Cc1cc(C=Nc2ccc(C34CC5CC(CC(C5)C3)C4)cc2)c(C)n1-c1ccccc1Br. The lowest BCUT2D eigenvalue weighted by Crippen LogP contribution is -2.48. The minimum atomic E-state index is 0.463. The highest BCUT2D eigenvalue weighted by atomic mass is 79.9. The number of aromatic nitrogens is 1. The molecule has 7 rings (SSSR count). The summed E-state index contributed by atoms with van der Waals surface area (Å²) in [4.78, 5) is 4.85. The summed E-state index contributed by atoms with van der Waals surface area (Å²) in [7, 11) is 0. The molecule has 3 heteroatoms. The van der Waals surface area contributed by atoms with Crippen LogP contribution in [0.25, 0.3) is 5.69 Å². The van der Waals surface area contributed by atoms with Gasteiger partial charge >= 0.3 is 0 Å². The molecule has 1 heterocycles. The number of halogens is 1. The van der Waals surface area contributed by atoms with Crippen molar-refractivity contribution < 1.29 is 0 Å². The average Bonchev–Trinajstić information content (AvgIpc) is 3.05. The van der Waals surface area contributed by atoms with Gasteiger partial charge < -0.3 is 4.57 Å². The summed E-state index contributed by atoms with van der Waals surface area (Å²) in [5.74, 6) is 2.96. The summed E-state index contributed by atoms with van der Waals surface area (Å²) in [6.07, 6.45) is 10.8. The van der Waals surface area contributed by atoms with Crippen molar-refractivity contribution in [1.29, 1.82) is 0 Å². The van der Waals surface area contributed by atoms with Gasteiger partial charge in [-0.1, -0.05) is 24.3 Å². The van der Waals surface area contributed by atoms with E-state index in [1.807, 2.05) is 6.21 Å². The van der Waals surface area contributed by atoms with E-state index in [4.69, 9.17) is 4.99 Å². The van der Waals surface area contributed by atoms with Gasteiger partial charge in [0.15, 0.2) is 0 Å². The number of hydrogen-bond donors (Lipinski definition) is 0. The summed E-state index contributed by atoms with van der Waals surface area (Å²) >= 11 is 3.70. The quantitative estimate of drug-likeness (QED) is 0.331. The number of rotatable bonds is 4. The van der Waals surface area contributed by atoms with Crippen LogP contribution in [0, 0.1) is 31.6 Å². The molecule has 164 valence electrons. The van der Waals surface area contributed by atoms with Crippen LogP contribution in [0.2, 0.25) is 0 Å². The maximum atomic E-state index is 4.85. The molecule has 4 fully saturated rings. The molecular formula is C29H31BrN2. The van der Waals surface area contributed by atoms with E-state index in [2.05, 4.69) is 88.9 Å². The first-order valence-electron chi connectivity index (χ1n) is 12.1. The average molecular weight is 487 g/mol. The number of hydrogen-bond acceptors (Lipinski definition) is 1. The molecule has 2 nitrogen and oxygen atoms in total. The zero-order chi connectivity index (χ0) is 21.9. The highest BCUT2D eigenvalue weighted by Crippen LogP contribution is 2.60. The van der Waals surface area contributed by atoms with Crippen molar-refractivity contribution >= 4 is 27.8 Å². The second-order valence-corrected chi connectivity index (χ2v) is 11.5. The highest BCUT2D eigenvalue weighted by molar-refractivity contribution is 9.10. The van der Waals surface area contributed by atoms with Crippen molar-refractivity contribution in [3.8, 4) is 5.69 Å². The van der Waals surface area contributed by atoms with Gasteiger partial charge in [0.25, 0.3) is 0 Å². The molecule has 4 bridgehead atoms. The standard InChI is InChI=1S/C29H31BrN2/c1-19-11-24(20(2)32(19)28-6-4-3-5-27(28)30)18-31-26-9-7-25(8-10-26)29-15-21-12-22(16-29)14-23(13-21)17-29/h3-11,18,21-23H,12-17H2,1-2H3. The van der Waals surface area contributed by atoms with Crippen molar-refractivity contribution in [3.05, 3.63) is 81.6 Å². The molecule has 4 aliphatic carbocycles. The van der Waals surface area contributed by atoms with E-state index in [1.54, 1.807) is 5.56 Å². The van der Waals surface area contributed by atoms with Crippen LogP contribution in [0.15, 0.2) is 64.1 Å². The maximum absolute atomic E-state index is 4.85. The lowest BCUT2D eigenvalue weighted by atomic mass is 9.48. The third-order valence-electron chi connectivity index (χ3n) is 8.43. The van der Waals surface area contributed by atoms with Crippen LogP contribution in [0.3, 0.4) is 0 Å². The van der Waals surface area contributed by atoms with Crippen molar-refractivity contribution in [2.75, 3.05) is 0 Å². The molecule has 0 unspecified atom stereocenters. The second kappa shape index (κ2) is 7.73. The van der Waals surface area contributed by atoms with Gasteiger partial charge in [-0.05, 0) is 127 Å². The van der Waals surface area contributed by atoms with Crippen molar-refractivity contribution in [3.63, 3.8) is 0 Å². The van der Waals surface area contributed by atoms with Gasteiger partial charge in [0, 0.05) is 27.6 Å². The summed E-state index contributed by atoms with van der Waals surface area (Å²) in [6.45, 7) is 4.33. The monoisotopic (exact) mass is 486 g/mol.